The topological polar surface area (TPSA) is 134 Å². The minimum absolute atomic E-state index is 0.0547. The predicted octanol–water partition coefficient (Wildman–Crippen LogP) is 4.42. The van der Waals surface area contributed by atoms with E-state index >= 15 is 0 Å². The van der Waals surface area contributed by atoms with Gasteiger partial charge in [0.2, 0.25) is 11.8 Å². The monoisotopic (exact) mass is 564 g/mol. The fourth-order valence-electron chi connectivity index (χ4n) is 6.39. The van der Waals surface area contributed by atoms with Gasteiger partial charge in [-0.2, -0.15) is 0 Å². The molecule has 11 heteroatoms. The summed E-state index contributed by atoms with van der Waals surface area (Å²) in [7, 11) is 0. The molecule has 1 spiro atoms. The number of piperazine rings is 1. The molecule has 3 aliphatic rings. The molecular weight excluding hydrogens is 532 g/mol. The lowest BCUT2D eigenvalue weighted by molar-refractivity contribution is -0.122. The van der Waals surface area contributed by atoms with Gasteiger partial charge in [0.25, 0.3) is 0 Å². The quantitative estimate of drug-likeness (QED) is 0.431. The number of anilines is 2. The van der Waals surface area contributed by atoms with Gasteiger partial charge in [0.15, 0.2) is 0 Å². The van der Waals surface area contributed by atoms with Crippen LogP contribution < -0.4 is 16.0 Å². The first-order valence-corrected chi connectivity index (χ1v) is 14.0. The minimum atomic E-state index is -0.631. The molecule has 3 amide bonds. The molecule has 10 nitrogen and oxygen atoms in total. The number of H-pyrrole nitrogens is 1. The summed E-state index contributed by atoms with van der Waals surface area (Å²) in [5, 5.41) is 4.91. The number of nitrogens with two attached hydrogens (primary N) is 1. The fourth-order valence-corrected chi connectivity index (χ4v) is 6.83. The molecule has 3 aromatic rings. The molecule has 1 aliphatic carbocycles. The third kappa shape index (κ3) is 4.34. The summed E-state index contributed by atoms with van der Waals surface area (Å²) < 4.78 is 5.45. The average molecular weight is 565 g/mol. The van der Waals surface area contributed by atoms with E-state index in [9.17, 15) is 14.4 Å². The van der Waals surface area contributed by atoms with Crippen molar-refractivity contribution in [1.82, 2.24) is 14.9 Å². The molecule has 4 heterocycles. The Balaban J connectivity index is 1.31. The summed E-state index contributed by atoms with van der Waals surface area (Å²) in [5.74, 6) is 0.136. The summed E-state index contributed by atoms with van der Waals surface area (Å²) in [5.41, 5.74) is 8.90. The lowest BCUT2D eigenvalue weighted by atomic mass is 9.80. The van der Waals surface area contributed by atoms with Gasteiger partial charge in [-0.15, -0.1) is 0 Å². The smallest absolute Gasteiger partial charge is 0.410 e. The van der Waals surface area contributed by atoms with Crippen LogP contribution in [-0.2, 0) is 19.7 Å². The van der Waals surface area contributed by atoms with E-state index in [1.165, 1.54) is 4.90 Å². The summed E-state index contributed by atoms with van der Waals surface area (Å²) >= 11 is 7.12. The first kappa shape index (κ1) is 26.4. The van der Waals surface area contributed by atoms with Crippen LogP contribution in [0.15, 0.2) is 30.6 Å². The predicted molar refractivity (Wildman–Crippen MR) is 153 cm³/mol. The number of nitrogens with one attached hydrogen (secondary N) is 2. The number of nitrogens with zero attached hydrogens (tertiary/aromatic N) is 3. The van der Waals surface area contributed by atoms with Gasteiger partial charge in [0.1, 0.15) is 18.0 Å². The second-order valence-corrected chi connectivity index (χ2v) is 12.4. The van der Waals surface area contributed by atoms with E-state index in [1.54, 1.807) is 31.9 Å². The van der Waals surface area contributed by atoms with Gasteiger partial charge in [-0.1, -0.05) is 23.7 Å². The van der Waals surface area contributed by atoms with Crippen LogP contribution in [0.4, 0.5) is 16.3 Å². The van der Waals surface area contributed by atoms with E-state index in [1.807, 2.05) is 24.4 Å². The summed E-state index contributed by atoms with van der Waals surface area (Å²) in [4.78, 5) is 48.8. The zero-order chi connectivity index (χ0) is 28.4. The molecule has 6 rings (SSSR count). The van der Waals surface area contributed by atoms with E-state index in [0.29, 0.717) is 31.1 Å². The van der Waals surface area contributed by atoms with Crippen molar-refractivity contribution < 1.29 is 19.1 Å². The standard InChI is InChI=1S/C29H33ClN6O4/c1-28(2,3)40-27(39)35-9-10-36(21(37)14-35)20-6-4-5-17-18(12-32-24(17)20)19-13-33-26-22(23(19)30)29(15-34-26)8-7-16(11-29)25(31)38/h4-6,12-13,16,32H,7-11,14-15H2,1-3H3,(H2,31,38)(H,33,34). The molecule has 40 heavy (non-hydrogen) atoms. The van der Waals surface area contributed by atoms with Crippen molar-refractivity contribution in [3.63, 3.8) is 0 Å². The Kier molecular flexibility index (Phi) is 6.21. The molecule has 1 saturated heterocycles. The molecule has 0 radical (unpaired) electrons. The van der Waals surface area contributed by atoms with E-state index < -0.39 is 11.7 Å². The number of amides is 3. The van der Waals surface area contributed by atoms with Crippen molar-refractivity contribution in [1.29, 1.82) is 0 Å². The van der Waals surface area contributed by atoms with Crippen LogP contribution in [0.25, 0.3) is 22.0 Å². The number of primary amides is 1. The van der Waals surface area contributed by atoms with Crippen molar-refractivity contribution >= 4 is 51.9 Å². The van der Waals surface area contributed by atoms with Gasteiger partial charge in [-0.25, -0.2) is 9.78 Å². The average Bonchev–Trinajstić information content (AvgIpc) is 3.61. The molecule has 2 unspecified atom stereocenters. The van der Waals surface area contributed by atoms with Gasteiger partial charge in [0, 0.05) is 65.4 Å². The fraction of sp³-hybridized carbons (Fsp3) is 0.448. The largest absolute Gasteiger partial charge is 0.444 e. The van der Waals surface area contributed by atoms with Crippen molar-refractivity contribution in [3.8, 4) is 11.1 Å². The lowest BCUT2D eigenvalue weighted by Gasteiger charge is -2.35. The van der Waals surface area contributed by atoms with E-state index in [-0.39, 0.29) is 29.7 Å². The van der Waals surface area contributed by atoms with Crippen molar-refractivity contribution in [2.24, 2.45) is 11.7 Å². The normalized spacial score (nSPS) is 22.6. The van der Waals surface area contributed by atoms with Gasteiger partial charge >= 0.3 is 6.09 Å². The number of carbonyl (C=O) groups excluding carboxylic acids is 3. The highest BCUT2D eigenvalue weighted by molar-refractivity contribution is 6.35. The van der Waals surface area contributed by atoms with Crippen molar-refractivity contribution in [2.75, 3.05) is 36.4 Å². The van der Waals surface area contributed by atoms with E-state index in [4.69, 9.17) is 27.1 Å². The summed E-state index contributed by atoms with van der Waals surface area (Å²) in [6.07, 6.45) is 5.39. The van der Waals surface area contributed by atoms with Crippen LogP contribution in [0.1, 0.15) is 45.6 Å². The first-order valence-electron chi connectivity index (χ1n) is 13.6. The number of aromatic amines is 1. The first-order chi connectivity index (χ1) is 19.0. The van der Waals surface area contributed by atoms with Crippen molar-refractivity contribution in [3.05, 3.63) is 41.2 Å². The number of pyridine rings is 1. The number of para-hydroxylation sites is 1. The number of rotatable bonds is 3. The van der Waals surface area contributed by atoms with Crippen LogP contribution in [-0.4, -0.2) is 64.6 Å². The van der Waals surface area contributed by atoms with E-state index in [2.05, 4.69) is 10.3 Å². The van der Waals surface area contributed by atoms with Crippen molar-refractivity contribution in [2.45, 2.75) is 51.0 Å². The van der Waals surface area contributed by atoms with Crippen LogP contribution in [0.5, 0.6) is 0 Å². The molecular formula is C29H33ClN6O4. The maximum absolute atomic E-state index is 13.2. The molecule has 2 atom stereocenters. The third-order valence-corrected chi connectivity index (χ3v) is 8.69. The Labute approximate surface area is 237 Å². The van der Waals surface area contributed by atoms with Gasteiger partial charge in [-0.05, 0) is 46.1 Å². The zero-order valence-electron chi connectivity index (χ0n) is 22.8. The molecule has 1 aromatic carbocycles. The van der Waals surface area contributed by atoms with Crippen LogP contribution in [0.3, 0.4) is 0 Å². The number of fused-ring (bicyclic) bond motifs is 3. The van der Waals surface area contributed by atoms with E-state index in [0.717, 1.165) is 51.9 Å². The number of halogens is 1. The number of carbonyl (C=O) groups is 3. The van der Waals surface area contributed by atoms with Gasteiger partial charge in [0.05, 0.1) is 16.2 Å². The number of ether oxygens (including phenoxy) is 1. The Hall–Kier alpha value is -3.79. The molecule has 0 bridgehead atoms. The number of aromatic nitrogens is 2. The summed E-state index contributed by atoms with van der Waals surface area (Å²) in [6, 6.07) is 5.80. The van der Waals surface area contributed by atoms with Crippen LogP contribution >= 0.6 is 11.6 Å². The van der Waals surface area contributed by atoms with Gasteiger partial charge in [-0.3, -0.25) is 14.5 Å². The second-order valence-electron chi connectivity index (χ2n) is 12.0. The Morgan fingerprint density at radius 1 is 1.23 bits per heavy atom. The maximum Gasteiger partial charge on any atom is 0.410 e. The highest BCUT2D eigenvalue weighted by atomic mass is 35.5. The molecule has 2 fully saturated rings. The lowest BCUT2D eigenvalue weighted by Crippen LogP contribution is -2.53. The number of hydrogen-bond donors (Lipinski definition) is 3. The number of hydrogen-bond acceptors (Lipinski definition) is 6. The summed E-state index contributed by atoms with van der Waals surface area (Å²) in [6.45, 7) is 6.75. The molecule has 2 aliphatic heterocycles. The maximum atomic E-state index is 13.2. The third-order valence-electron chi connectivity index (χ3n) is 8.30. The SMILES string of the molecule is CC(C)(C)OC(=O)N1CCN(c2cccc3c(-c4cnc5c(c4Cl)C4(CCC(C(N)=O)C4)CN5)c[nH]c23)C(=O)C1. The Morgan fingerprint density at radius 2 is 2.02 bits per heavy atom. The Bertz CT molecular complexity index is 1550. The van der Waals surface area contributed by atoms with Crippen LogP contribution in [0.2, 0.25) is 5.02 Å². The molecule has 1 saturated carbocycles. The van der Waals surface area contributed by atoms with Crippen LogP contribution in [0, 0.1) is 5.92 Å². The zero-order valence-corrected chi connectivity index (χ0v) is 23.6. The second kappa shape index (κ2) is 9.40. The minimum Gasteiger partial charge on any atom is -0.444 e. The molecule has 2 aromatic heterocycles. The number of benzene rings is 1. The highest BCUT2D eigenvalue weighted by Crippen LogP contribution is 2.53. The molecule has 210 valence electrons. The highest BCUT2D eigenvalue weighted by Gasteiger charge is 2.48. The van der Waals surface area contributed by atoms with Gasteiger partial charge < -0.3 is 25.7 Å². The Morgan fingerprint density at radius 3 is 2.73 bits per heavy atom. The molecule has 4 N–H and O–H groups in total.